The maximum Gasteiger partial charge on any atom is 0.305 e. The van der Waals surface area contributed by atoms with E-state index in [9.17, 15) is 4.79 Å². The minimum Gasteiger partial charge on any atom is -0.466 e. The van der Waals surface area contributed by atoms with Crippen molar-refractivity contribution < 1.29 is 9.53 Å². The van der Waals surface area contributed by atoms with Gasteiger partial charge in [-0.3, -0.25) is 4.79 Å². The van der Waals surface area contributed by atoms with Crippen molar-refractivity contribution in [1.82, 2.24) is 0 Å². The molecule has 0 aliphatic heterocycles. The van der Waals surface area contributed by atoms with Crippen LogP contribution < -0.4 is 0 Å². The number of alkyl halides is 1. The normalized spacial score (nSPS) is 10.9. The molecule has 23 heavy (non-hydrogen) atoms. The summed E-state index contributed by atoms with van der Waals surface area (Å²) in [5.41, 5.74) is 0. The van der Waals surface area contributed by atoms with E-state index in [-0.39, 0.29) is 5.97 Å². The van der Waals surface area contributed by atoms with Crippen molar-refractivity contribution in [3.05, 3.63) is 0 Å². The maximum atomic E-state index is 11.5. The van der Waals surface area contributed by atoms with Crippen LogP contribution in [0.5, 0.6) is 0 Å². The van der Waals surface area contributed by atoms with Crippen molar-refractivity contribution >= 4 is 21.9 Å². The number of ether oxygens (including phenoxy) is 1. The molecule has 3 heteroatoms. The third kappa shape index (κ3) is 19.9. The highest BCUT2D eigenvalue weighted by Gasteiger charge is 2.02. The largest absolute Gasteiger partial charge is 0.466 e. The fourth-order valence-electron chi connectivity index (χ4n) is 2.74. The van der Waals surface area contributed by atoms with Gasteiger partial charge in [0.2, 0.25) is 0 Å². The zero-order valence-corrected chi connectivity index (χ0v) is 17.0. The molecule has 0 unspecified atom stereocenters. The predicted octanol–water partition coefficient (Wildman–Crippen LogP) is 7.19. The van der Waals surface area contributed by atoms with E-state index >= 15 is 0 Å². The summed E-state index contributed by atoms with van der Waals surface area (Å²) in [5.74, 6) is -0.00378. The topological polar surface area (TPSA) is 26.3 Å². The molecule has 0 aromatic rings. The zero-order valence-electron chi connectivity index (χ0n) is 15.4. The van der Waals surface area contributed by atoms with Gasteiger partial charge in [-0.25, -0.2) is 0 Å². The first-order valence-corrected chi connectivity index (χ1v) is 11.1. The number of unbranched alkanes of at least 4 members (excludes halogenated alkanes) is 13. The summed E-state index contributed by atoms with van der Waals surface area (Å²) >= 11 is 3.42. The van der Waals surface area contributed by atoms with Crippen molar-refractivity contribution in [3.8, 4) is 0 Å². The molecule has 0 aliphatic rings. The molecule has 0 bridgehead atoms. The van der Waals surface area contributed by atoms with Gasteiger partial charge in [0.1, 0.15) is 0 Å². The van der Waals surface area contributed by atoms with Gasteiger partial charge in [-0.15, -0.1) is 0 Å². The lowest BCUT2D eigenvalue weighted by molar-refractivity contribution is -0.143. The number of rotatable bonds is 18. The lowest BCUT2D eigenvalue weighted by Gasteiger charge is -2.05. The lowest BCUT2D eigenvalue weighted by Crippen LogP contribution is -2.05. The molecule has 0 saturated heterocycles. The Bertz CT molecular complexity index is 244. The molecule has 0 amide bonds. The van der Waals surface area contributed by atoms with Gasteiger partial charge in [0, 0.05) is 11.8 Å². The number of hydrogen-bond acceptors (Lipinski definition) is 2. The Morgan fingerprint density at radius 1 is 0.696 bits per heavy atom. The summed E-state index contributed by atoms with van der Waals surface area (Å²) in [5, 5.41) is 1.07. The van der Waals surface area contributed by atoms with E-state index in [0.29, 0.717) is 13.0 Å². The standard InChI is InChI=1S/C20H39BrO2/c1-2-3-4-5-6-7-8-9-10-13-16-19-23-20(22)17-14-11-12-15-18-21/h2-19H2,1H3. The third-order valence-corrected chi connectivity index (χ3v) is 4.84. The Morgan fingerprint density at radius 2 is 1.17 bits per heavy atom. The predicted molar refractivity (Wildman–Crippen MR) is 104 cm³/mol. The molecule has 138 valence electrons. The molecule has 0 saturated carbocycles. The van der Waals surface area contributed by atoms with Gasteiger partial charge in [-0.2, -0.15) is 0 Å². The number of carbonyl (C=O) groups excluding carboxylic acids is 1. The van der Waals surface area contributed by atoms with Crippen molar-refractivity contribution in [3.63, 3.8) is 0 Å². The van der Waals surface area contributed by atoms with Crippen LogP contribution in [0, 0.1) is 0 Å². The summed E-state index contributed by atoms with van der Waals surface area (Å²) in [6.45, 7) is 2.89. The van der Waals surface area contributed by atoms with Gasteiger partial charge >= 0.3 is 5.97 Å². The molecular formula is C20H39BrO2. The van der Waals surface area contributed by atoms with Crippen LogP contribution in [0.1, 0.15) is 110 Å². The highest BCUT2D eigenvalue weighted by atomic mass is 79.9. The Balaban J connectivity index is 3.10. The molecule has 0 radical (unpaired) electrons. The van der Waals surface area contributed by atoms with Crippen molar-refractivity contribution in [1.29, 1.82) is 0 Å². The molecule has 0 aliphatic carbocycles. The van der Waals surface area contributed by atoms with Gasteiger partial charge < -0.3 is 4.74 Å². The van der Waals surface area contributed by atoms with Crippen molar-refractivity contribution in [2.45, 2.75) is 110 Å². The van der Waals surface area contributed by atoms with E-state index in [4.69, 9.17) is 4.74 Å². The van der Waals surface area contributed by atoms with E-state index in [0.717, 1.165) is 24.6 Å². The highest BCUT2D eigenvalue weighted by molar-refractivity contribution is 9.09. The Morgan fingerprint density at radius 3 is 1.74 bits per heavy atom. The number of esters is 1. The van der Waals surface area contributed by atoms with E-state index in [2.05, 4.69) is 22.9 Å². The second-order valence-corrected chi connectivity index (χ2v) is 7.40. The van der Waals surface area contributed by atoms with Gasteiger partial charge in [-0.05, 0) is 19.3 Å². The third-order valence-electron chi connectivity index (χ3n) is 4.28. The Hall–Kier alpha value is -0.0500. The van der Waals surface area contributed by atoms with Crippen LogP contribution in [0.2, 0.25) is 0 Å². The first kappa shape index (κ1) is 22.9. The van der Waals surface area contributed by atoms with Crippen molar-refractivity contribution in [2.24, 2.45) is 0 Å². The summed E-state index contributed by atoms with van der Waals surface area (Å²) in [6.07, 6.45) is 19.7. The average Bonchev–Trinajstić information content (AvgIpc) is 2.55. The van der Waals surface area contributed by atoms with Gasteiger partial charge in [-0.1, -0.05) is 99.9 Å². The van der Waals surface area contributed by atoms with E-state index in [1.54, 1.807) is 0 Å². The van der Waals surface area contributed by atoms with E-state index < -0.39 is 0 Å². The molecule has 0 atom stereocenters. The summed E-state index contributed by atoms with van der Waals surface area (Å²) in [7, 11) is 0. The van der Waals surface area contributed by atoms with Gasteiger partial charge in [0.15, 0.2) is 0 Å². The minimum atomic E-state index is -0.00378. The van der Waals surface area contributed by atoms with Gasteiger partial charge in [0.05, 0.1) is 6.61 Å². The highest BCUT2D eigenvalue weighted by Crippen LogP contribution is 2.11. The van der Waals surface area contributed by atoms with Crippen LogP contribution in [0.25, 0.3) is 0 Å². The second kappa shape index (κ2) is 20.0. The fraction of sp³-hybridized carbons (Fsp3) is 0.950. The lowest BCUT2D eigenvalue weighted by atomic mass is 10.1. The van der Waals surface area contributed by atoms with Crippen LogP contribution >= 0.6 is 15.9 Å². The SMILES string of the molecule is CCCCCCCCCCCCCOC(=O)CCCCCCBr. The van der Waals surface area contributed by atoms with Crippen LogP contribution in [0.3, 0.4) is 0 Å². The number of halogens is 1. The second-order valence-electron chi connectivity index (χ2n) is 6.61. The van der Waals surface area contributed by atoms with Crippen LogP contribution in [0.15, 0.2) is 0 Å². The van der Waals surface area contributed by atoms with E-state index in [1.807, 2.05) is 0 Å². The minimum absolute atomic E-state index is 0.00378. The summed E-state index contributed by atoms with van der Waals surface area (Å²) < 4.78 is 5.28. The average molecular weight is 391 g/mol. The molecule has 0 aromatic carbocycles. The molecule has 0 heterocycles. The molecule has 0 aromatic heterocycles. The maximum absolute atomic E-state index is 11.5. The molecule has 0 rings (SSSR count). The summed E-state index contributed by atoms with van der Waals surface area (Å²) in [4.78, 5) is 11.5. The van der Waals surface area contributed by atoms with Crippen LogP contribution in [-0.4, -0.2) is 17.9 Å². The van der Waals surface area contributed by atoms with Crippen LogP contribution in [-0.2, 0) is 9.53 Å². The molecule has 0 spiro atoms. The quantitative estimate of drug-likeness (QED) is 0.140. The first-order valence-electron chi connectivity index (χ1n) is 10.0. The summed E-state index contributed by atoms with van der Waals surface area (Å²) in [6, 6.07) is 0. The monoisotopic (exact) mass is 390 g/mol. The van der Waals surface area contributed by atoms with Crippen molar-refractivity contribution in [2.75, 3.05) is 11.9 Å². The Labute approximate surface area is 153 Å². The molecule has 0 N–H and O–H groups in total. The van der Waals surface area contributed by atoms with Crippen LogP contribution in [0.4, 0.5) is 0 Å². The first-order chi connectivity index (χ1) is 11.3. The Kier molecular flexibility index (Phi) is 20.0. The molecule has 2 nitrogen and oxygen atoms in total. The fourth-order valence-corrected chi connectivity index (χ4v) is 3.14. The molecule has 0 fully saturated rings. The zero-order chi connectivity index (χ0) is 17.0. The smallest absolute Gasteiger partial charge is 0.305 e. The van der Waals surface area contributed by atoms with Gasteiger partial charge in [0.25, 0.3) is 0 Å². The van der Waals surface area contributed by atoms with E-state index in [1.165, 1.54) is 77.0 Å². The number of hydrogen-bond donors (Lipinski definition) is 0. The molecular weight excluding hydrogens is 352 g/mol. The number of carbonyl (C=O) groups is 1.